The van der Waals surface area contributed by atoms with Gasteiger partial charge in [-0.1, -0.05) is 147 Å². The van der Waals surface area contributed by atoms with E-state index in [9.17, 15) is 0 Å². The second kappa shape index (κ2) is 11.0. The van der Waals surface area contributed by atoms with Crippen molar-refractivity contribution in [1.29, 1.82) is 0 Å². The quantitative estimate of drug-likeness (QED) is 0.177. The summed E-state index contributed by atoms with van der Waals surface area (Å²) in [6, 6.07) is 58.9. The molecule has 0 radical (unpaired) electrons. The first-order valence-electron chi connectivity index (χ1n) is 17.3. The molecule has 10 rings (SSSR count). The molecule has 3 heterocycles. The van der Waals surface area contributed by atoms with Crippen molar-refractivity contribution in [2.24, 2.45) is 0 Å². The van der Waals surface area contributed by atoms with Crippen LogP contribution in [0.4, 0.5) is 0 Å². The lowest BCUT2D eigenvalue weighted by Crippen LogP contribution is -2.49. The number of hydrogen-bond donors (Lipinski definition) is 0. The molecule has 7 aromatic carbocycles. The minimum Gasteiger partial charge on any atom is -0.309 e. The highest BCUT2D eigenvalue weighted by Gasteiger charge is 2.39. The first kappa shape index (κ1) is 28.9. The van der Waals surface area contributed by atoms with E-state index in [1.165, 1.54) is 48.9 Å². The summed E-state index contributed by atoms with van der Waals surface area (Å²) in [6.07, 6.45) is 0. The summed E-state index contributed by atoms with van der Waals surface area (Å²) in [4.78, 5) is 10.8. The van der Waals surface area contributed by atoms with Crippen molar-refractivity contribution in [3.8, 4) is 50.6 Å². The van der Waals surface area contributed by atoms with Gasteiger partial charge in [-0.15, -0.1) is 0 Å². The van der Waals surface area contributed by atoms with E-state index in [4.69, 9.17) is 9.97 Å². The molecule has 236 valence electrons. The molecule has 2 aromatic heterocycles. The van der Waals surface area contributed by atoms with E-state index in [1.54, 1.807) is 0 Å². The van der Waals surface area contributed by atoms with Gasteiger partial charge in [-0.05, 0) is 63.0 Å². The molecule has 0 spiro atoms. The third-order valence-electron chi connectivity index (χ3n) is 10.6. The first-order valence-corrected chi connectivity index (χ1v) is 20.3. The molecule has 9 aromatic rings. The lowest BCUT2D eigenvalue weighted by Gasteiger charge is -2.21. The Morgan fingerprint density at radius 1 is 0.480 bits per heavy atom. The van der Waals surface area contributed by atoms with Crippen LogP contribution in [0.5, 0.6) is 0 Å². The fourth-order valence-corrected chi connectivity index (χ4v) is 11.7. The van der Waals surface area contributed by atoms with Crippen LogP contribution in [0.15, 0.2) is 164 Å². The van der Waals surface area contributed by atoms with Gasteiger partial charge in [-0.25, -0.2) is 9.97 Å². The van der Waals surface area contributed by atoms with Crippen LogP contribution in [-0.4, -0.2) is 22.6 Å². The third kappa shape index (κ3) is 4.22. The third-order valence-corrected chi connectivity index (χ3v) is 14.1. The molecule has 0 aliphatic carbocycles. The van der Waals surface area contributed by atoms with Crippen molar-refractivity contribution in [2.45, 2.75) is 13.1 Å². The predicted molar refractivity (Wildman–Crippen MR) is 212 cm³/mol. The van der Waals surface area contributed by atoms with E-state index in [0.717, 1.165) is 44.8 Å². The fourth-order valence-electron chi connectivity index (χ4n) is 8.34. The van der Waals surface area contributed by atoms with Crippen molar-refractivity contribution in [3.63, 3.8) is 0 Å². The Morgan fingerprint density at radius 3 is 2.00 bits per heavy atom. The van der Waals surface area contributed by atoms with Crippen LogP contribution >= 0.6 is 0 Å². The molecule has 0 N–H and O–H groups in total. The number of fused-ring (bicyclic) bond motifs is 8. The lowest BCUT2D eigenvalue weighted by molar-refractivity contribution is 1.18. The van der Waals surface area contributed by atoms with E-state index in [2.05, 4.69) is 181 Å². The maximum absolute atomic E-state index is 5.49. The Kier molecular flexibility index (Phi) is 6.33. The van der Waals surface area contributed by atoms with Crippen molar-refractivity contribution in [1.82, 2.24) is 14.5 Å². The number of para-hydroxylation sites is 2. The molecule has 4 heteroatoms. The largest absolute Gasteiger partial charge is 0.309 e. The Balaban J connectivity index is 1.21. The van der Waals surface area contributed by atoms with Crippen LogP contribution in [-0.2, 0) is 0 Å². The first-order chi connectivity index (χ1) is 24.6. The number of hydrogen-bond acceptors (Lipinski definition) is 2. The van der Waals surface area contributed by atoms with E-state index in [-0.39, 0.29) is 0 Å². The maximum Gasteiger partial charge on any atom is 0.160 e. The summed E-state index contributed by atoms with van der Waals surface area (Å²) in [6.45, 7) is 4.93. The lowest BCUT2D eigenvalue weighted by atomic mass is 9.97. The van der Waals surface area contributed by atoms with Crippen molar-refractivity contribution < 1.29 is 0 Å². The monoisotopic (exact) mass is 655 g/mol. The highest BCUT2D eigenvalue weighted by atomic mass is 28.3. The van der Waals surface area contributed by atoms with Crippen LogP contribution < -0.4 is 10.4 Å². The molecule has 3 nitrogen and oxygen atoms in total. The molecule has 0 saturated heterocycles. The van der Waals surface area contributed by atoms with E-state index in [1.807, 2.05) is 0 Å². The van der Waals surface area contributed by atoms with Crippen LogP contribution in [0.3, 0.4) is 0 Å². The molecule has 0 saturated carbocycles. The fraction of sp³-hybridized carbons (Fsp3) is 0.0435. The zero-order valence-electron chi connectivity index (χ0n) is 27.9. The molecule has 0 amide bonds. The summed E-state index contributed by atoms with van der Waals surface area (Å²) in [5, 5.41) is 6.49. The highest BCUT2D eigenvalue weighted by Crippen LogP contribution is 2.40. The molecule has 0 atom stereocenters. The Hall–Kier alpha value is -6.10. The van der Waals surface area contributed by atoms with E-state index < -0.39 is 8.07 Å². The standard InChI is InChI=1S/C46H33N3Si/c1-50(2)41-26-12-10-21-35(41)36-27-28-38-43(30-15-5-3-6-16-30)47-46(48-44(38)45(36)50)32-18-13-17-31(29-32)34-23-14-25-40-42(34)37-22-9-11-24-39(37)49(40)33-19-7-4-8-20-33/h3-29H,1-2H3. The Bertz CT molecular complexity index is 2780. The molecule has 0 unspecified atom stereocenters. The minimum absolute atomic E-state index is 0.756. The SMILES string of the molecule is C[Si]1(C)c2ccccc2-c2ccc3c(-c4ccccc4)nc(-c4cccc(-c5cccc6c5c5ccccc5n6-c5ccccc5)c4)nc3c21. The number of aromatic nitrogens is 3. The maximum atomic E-state index is 5.49. The van der Waals surface area contributed by atoms with Crippen molar-refractivity contribution in [2.75, 3.05) is 0 Å². The van der Waals surface area contributed by atoms with E-state index in [0.29, 0.717) is 0 Å². The van der Waals surface area contributed by atoms with Crippen LogP contribution in [0.2, 0.25) is 13.1 Å². The Morgan fingerprint density at radius 2 is 1.14 bits per heavy atom. The molecule has 1 aliphatic heterocycles. The molecule has 50 heavy (non-hydrogen) atoms. The molecule has 1 aliphatic rings. The zero-order chi connectivity index (χ0) is 33.4. The van der Waals surface area contributed by atoms with Gasteiger partial charge in [-0.3, -0.25) is 0 Å². The second-order valence-electron chi connectivity index (χ2n) is 13.8. The molecule has 0 fully saturated rings. The Labute approximate surface area is 292 Å². The van der Waals surface area contributed by atoms with Gasteiger partial charge in [0.25, 0.3) is 0 Å². The van der Waals surface area contributed by atoms with Crippen molar-refractivity contribution >= 4 is 51.2 Å². The summed E-state index contributed by atoms with van der Waals surface area (Å²) in [5.74, 6) is 0.756. The topological polar surface area (TPSA) is 30.7 Å². The van der Waals surface area contributed by atoms with Gasteiger partial charge in [0, 0.05) is 33.0 Å². The van der Waals surface area contributed by atoms with Crippen LogP contribution in [0, 0.1) is 0 Å². The van der Waals surface area contributed by atoms with Gasteiger partial charge in [-0.2, -0.15) is 0 Å². The second-order valence-corrected chi connectivity index (χ2v) is 18.1. The average molecular weight is 656 g/mol. The zero-order valence-corrected chi connectivity index (χ0v) is 28.9. The summed E-state index contributed by atoms with van der Waals surface area (Å²) < 4.78 is 2.38. The average Bonchev–Trinajstić information content (AvgIpc) is 3.64. The smallest absolute Gasteiger partial charge is 0.160 e. The highest BCUT2D eigenvalue weighted by molar-refractivity contribution is 7.05. The molecular formula is C46H33N3Si. The number of rotatable bonds is 4. The molecule has 0 bridgehead atoms. The van der Waals surface area contributed by atoms with Gasteiger partial charge < -0.3 is 4.57 Å². The van der Waals surface area contributed by atoms with Gasteiger partial charge in [0.05, 0.1) is 22.2 Å². The summed E-state index contributed by atoms with van der Waals surface area (Å²) in [5.41, 5.74) is 12.7. The number of benzene rings is 7. The van der Waals surface area contributed by atoms with Crippen LogP contribution in [0.25, 0.3) is 83.3 Å². The minimum atomic E-state index is -2.03. The van der Waals surface area contributed by atoms with Gasteiger partial charge in [0.1, 0.15) is 8.07 Å². The summed E-state index contributed by atoms with van der Waals surface area (Å²) >= 11 is 0. The number of nitrogens with zero attached hydrogens (tertiary/aromatic N) is 3. The van der Waals surface area contributed by atoms with Gasteiger partial charge in [0.2, 0.25) is 0 Å². The van der Waals surface area contributed by atoms with Crippen molar-refractivity contribution in [3.05, 3.63) is 164 Å². The summed E-state index contributed by atoms with van der Waals surface area (Å²) in [7, 11) is -2.03. The normalized spacial score (nSPS) is 13.2. The predicted octanol–water partition coefficient (Wildman–Crippen LogP) is 10.5. The molecular weight excluding hydrogens is 623 g/mol. The van der Waals surface area contributed by atoms with Gasteiger partial charge in [0.15, 0.2) is 5.82 Å². The van der Waals surface area contributed by atoms with E-state index >= 15 is 0 Å². The van der Waals surface area contributed by atoms with Crippen LogP contribution in [0.1, 0.15) is 0 Å². The van der Waals surface area contributed by atoms with Gasteiger partial charge >= 0.3 is 0 Å².